The minimum atomic E-state index is -0.708. The molecule has 162 valence electrons. The van der Waals surface area contributed by atoms with Gasteiger partial charge in [0, 0.05) is 25.4 Å². The van der Waals surface area contributed by atoms with Crippen molar-refractivity contribution in [3.05, 3.63) is 113 Å². The fourth-order valence-corrected chi connectivity index (χ4v) is 3.99. The summed E-state index contributed by atoms with van der Waals surface area (Å²) in [6.45, 7) is 0.267. The molecule has 0 spiro atoms. The molecule has 0 radical (unpaired) electrons. The maximum absolute atomic E-state index is 13.2. The Balaban J connectivity index is 1.58. The molecule has 1 unspecified atom stereocenters. The number of aryl methyl sites for hydroxylation is 1. The molecule has 2 aromatic carbocycles. The number of benzene rings is 2. The van der Waals surface area contributed by atoms with E-state index >= 15 is 0 Å². The third kappa shape index (κ3) is 4.59. The monoisotopic (exact) mass is 430 g/mol. The van der Waals surface area contributed by atoms with E-state index in [2.05, 4.69) is 4.98 Å². The number of nitrogens with zero attached hydrogens (tertiary/aromatic N) is 2. The lowest BCUT2D eigenvalue weighted by atomic mass is 9.94. The van der Waals surface area contributed by atoms with Crippen LogP contribution in [0.15, 0.2) is 90.5 Å². The largest absolute Gasteiger partial charge is 0.503 e. The molecule has 4 rings (SSSR count). The summed E-state index contributed by atoms with van der Waals surface area (Å²) in [6.07, 6.45) is 4.37. The highest BCUT2D eigenvalue weighted by Crippen LogP contribution is 2.38. The van der Waals surface area contributed by atoms with Crippen LogP contribution in [0.1, 0.15) is 29.2 Å². The molecule has 32 heavy (non-hydrogen) atoms. The predicted molar refractivity (Wildman–Crippen MR) is 118 cm³/mol. The Labute approximate surface area is 185 Å². The minimum absolute atomic E-state index is 0.109. The SMILES string of the molecule is O=C(CCc1ccccc1)C1=C(O)C(=O)N(CCc2ccc(F)cc2)C1c1cccnc1. The fourth-order valence-electron chi connectivity index (χ4n) is 3.99. The normalized spacial score (nSPS) is 16.0. The van der Waals surface area contributed by atoms with Gasteiger partial charge in [0.25, 0.3) is 5.91 Å². The molecule has 1 aliphatic rings. The van der Waals surface area contributed by atoms with Gasteiger partial charge in [-0.1, -0.05) is 48.5 Å². The summed E-state index contributed by atoms with van der Waals surface area (Å²) in [7, 11) is 0. The summed E-state index contributed by atoms with van der Waals surface area (Å²) >= 11 is 0. The number of aromatic nitrogens is 1. The van der Waals surface area contributed by atoms with Gasteiger partial charge >= 0.3 is 0 Å². The van der Waals surface area contributed by atoms with E-state index in [-0.39, 0.29) is 30.1 Å². The lowest BCUT2D eigenvalue weighted by molar-refractivity contribution is -0.129. The lowest BCUT2D eigenvalue weighted by Gasteiger charge is -2.26. The zero-order valence-electron chi connectivity index (χ0n) is 17.4. The number of hydrogen-bond acceptors (Lipinski definition) is 4. The van der Waals surface area contributed by atoms with E-state index in [1.807, 2.05) is 30.3 Å². The first kappa shape index (κ1) is 21.4. The number of aliphatic hydroxyl groups is 1. The van der Waals surface area contributed by atoms with Gasteiger partial charge in [0.05, 0.1) is 11.6 Å². The van der Waals surface area contributed by atoms with Crippen molar-refractivity contribution in [2.24, 2.45) is 0 Å². The van der Waals surface area contributed by atoms with Crippen LogP contribution < -0.4 is 0 Å². The topological polar surface area (TPSA) is 70.5 Å². The summed E-state index contributed by atoms with van der Waals surface area (Å²) in [5.41, 5.74) is 2.63. The molecule has 5 nitrogen and oxygen atoms in total. The van der Waals surface area contributed by atoms with Gasteiger partial charge in [-0.25, -0.2) is 4.39 Å². The van der Waals surface area contributed by atoms with Crippen molar-refractivity contribution in [3.63, 3.8) is 0 Å². The highest BCUT2D eigenvalue weighted by molar-refractivity contribution is 6.09. The molecule has 0 saturated carbocycles. The second-order valence-corrected chi connectivity index (χ2v) is 7.73. The molecule has 1 atom stereocenters. The highest BCUT2D eigenvalue weighted by atomic mass is 19.1. The van der Waals surface area contributed by atoms with Gasteiger partial charge in [0.15, 0.2) is 11.5 Å². The van der Waals surface area contributed by atoms with Crippen molar-refractivity contribution in [2.75, 3.05) is 6.54 Å². The molecular formula is C26H23FN2O3. The van der Waals surface area contributed by atoms with Crippen LogP contribution in [0.4, 0.5) is 4.39 Å². The van der Waals surface area contributed by atoms with Crippen LogP contribution in [-0.4, -0.2) is 33.2 Å². The first-order valence-electron chi connectivity index (χ1n) is 10.5. The maximum Gasteiger partial charge on any atom is 0.290 e. The van der Waals surface area contributed by atoms with E-state index in [9.17, 15) is 19.1 Å². The molecule has 1 aromatic heterocycles. The summed E-state index contributed by atoms with van der Waals surface area (Å²) in [5.74, 6) is -1.68. The average molecular weight is 430 g/mol. The molecule has 6 heteroatoms. The van der Waals surface area contributed by atoms with E-state index in [1.54, 1.807) is 36.7 Å². The number of ketones is 1. The number of carbonyl (C=O) groups excluding carboxylic acids is 2. The Kier molecular flexibility index (Phi) is 6.40. The van der Waals surface area contributed by atoms with Crippen LogP contribution in [0.3, 0.4) is 0 Å². The molecule has 0 fully saturated rings. The van der Waals surface area contributed by atoms with Crippen molar-refractivity contribution in [3.8, 4) is 0 Å². The molecular weight excluding hydrogens is 407 g/mol. The summed E-state index contributed by atoms with van der Waals surface area (Å²) in [4.78, 5) is 31.7. The maximum atomic E-state index is 13.2. The van der Waals surface area contributed by atoms with Crippen molar-refractivity contribution < 1.29 is 19.1 Å². The molecule has 0 aliphatic carbocycles. The van der Waals surface area contributed by atoms with E-state index in [0.29, 0.717) is 18.4 Å². The molecule has 1 aliphatic heterocycles. The van der Waals surface area contributed by atoms with Gasteiger partial charge in [-0.3, -0.25) is 14.6 Å². The quantitative estimate of drug-likeness (QED) is 0.577. The first-order chi connectivity index (χ1) is 15.5. The average Bonchev–Trinajstić information content (AvgIpc) is 3.08. The predicted octanol–water partition coefficient (Wildman–Crippen LogP) is 4.36. The van der Waals surface area contributed by atoms with E-state index < -0.39 is 17.7 Å². The van der Waals surface area contributed by atoms with Gasteiger partial charge in [-0.2, -0.15) is 0 Å². The van der Waals surface area contributed by atoms with Crippen LogP contribution >= 0.6 is 0 Å². The van der Waals surface area contributed by atoms with Gasteiger partial charge in [0.2, 0.25) is 0 Å². The van der Waals surface area contributed by atoms with Crippen molar-refractivity contribution in [1.82, 2.24) is 9.88 Å². The third-order valence-electron chi connectivity index (χ3n) is 5.64. The number of Topliss-reactive ketones (excluding diaryl/α,β-unsaturated/α-hetero) is 1. The van der Waals surface area contributed by atoms with E-state index in [4.69, 9.17) is 0 Å². The molecule has 0 saturated heterocycles. The molecule has 2 heterocycles. The number of halogens is 1. The number of amides is 1. The Morgan fingerprint density at radius 3 is 2.38 bits per heavy atom. The number of hydrogen-bond donors (Lipinski definition) is 1. The second-order valence-electron chi connectivity index (χ2n) is 7.73. The Morgan fingerprint density at radius 1 is 0.969 bits per heavy atom. The van der Waals surface area contributed by atoms with Crippen LogP contribution in [0.5, 0.6) is 0 Å². The zero-order valence-corrected chi connectivity index (χ0v) is 17.4. The van der Waals surface area contributed by atoms with E-state index in [1.165, 1.54) is 17.0 Å². The number of pyridine rings is 1. The van der Waals surface area contributed by atoms with Crippen molar-refractivity contribution in [1.29, 1.82) is 0 Å². The lowest BCUT2D eigenvalue weighted by Crippen LogP contribution is -2.33. The number of carbonyl (C=O) groups is 2. The Bertz CT molecular complexity index is 1130. The Morgan fingerprint density at radius 2 is 1.69 bits per heavy atom. The van der Waals surface area contributed by atoms with Crippen LogP contribution in [-0.2, 0) is 22.4 Å². The number of rotatable bonds is 8. The summed E-state index contributed by atoms with van der Waals surface area (Å²) < 4.78 is 13.2. The van der Waals surface area contributed by atoms with E-state index in [0.717, 1.165) is 11.1 Å². The first-order valence-corrected chi connectivity index (χ1v) is 10.5. The summed E-state index contributed by atoms with van der Waals surface area (Å²) in [5, 5.41) is 10.7. The summed E-state index contributed by atoms with van der Waals surface area (Å²) in [6, 6.07) is 18.5. The standard InChI is InChI=1S/C26H23FN2O3/c27-21-11-8-19(9-12-21)14-16-29-24(20-7-4-15-28-17-20)23(25(31)26(29)32)22(30)13-10-18-5-2-1-3-6-18/h1-9,11-12,15,17,24,31H,10,13-14,16H2. The molecule has 3 aromatic rings. The molecule has 1 amide bonds. The van der Waals surface area contributed by atoms with Crippen molar-refractivity contribution in [2.45, 2.75) is 25.3 Å². The fraction of sp³-hybridized carbons (Fsp3) is 0.192. The van der Waals surface area contributed by atoms with Gasteiger partial charge in [-0.15, -0.1) is 0 Å². The zero-order chi connectivity index (χ0) is 22.5. The van der Waals surface area contributed by atoms with Crippen LogP contribution in [0.25, 0.3) is 0 Å². The smallest absolute Gasteiger partial charge is 0.290 e. The van der Waals surface area contributed by atoms with Gasteiger partial charge in [-0.05, 0) is 47.7 Å². The van der Waals surface area contributed by atoms with Gasteiger partial charge in [0.1, 0.15) is 5.82 Å². The van der Waals surface area contributed by atoms with Crippen LogP contribution in [0, 0.1) is 5.82 Å². The van der Waals surface area contributed by atoms with Crippen LogP contribution in [0.2, 0.25) is 0 Å². The Hall–Kier alpha value is -3.80. The molecule has 1 N–H and O–H groups in total. The second kappa shape index (κ2) is 9.56. The molecule has 0 bridgehead atoms. The third-order valence-corrected chi connectivity index (χ3v) is 5.64. The minimum Gasteiger partial charge on any atom is -0.503 e. The number of aliphatic hydroxyl groups excluding tert-OH is 1. The van der Waals surface area contributed by atoms with Gasteiger partial charge < -0.3 is 10.0 Å². The highest BCUT2D eigenvalue weighted by Gasteiger charge is 2.43. The van der Waals surface area contributed by atoms with Crippen molar-refractivity contribution >= 4 is 11.7 Å².